The van der Waals surface area contributed by atoms with Gasteiger partial charge in [0.1, 0.15) is 0 Å². The average Bonchev–Trinajstić information content (AvgIpc) is 2.34. The van der Waals surface area contributed by atoms with Gasteiger partial charge in [-0.25, -0.2) is 0 Å². The van der Waals surface area contributed by atoms with Crippen LogP contribution in [0.1, 0.15) is 15.9 Å². The van der Waals surface area contributed by atoms with Gasteiger partial charge >= 0.3 is 0 Å². The molecule has 0 spiro atoms. The maximum atomic E-state index is 12.0. The predicted octanol–water partition coefficient (Wildman–Crippen LogP) is 4.77. The van der Waals surface area contributed by atoms with Gasteiger partial charge in [-0.05, 0) is 69.1 Å². The van der Waals surface area contributed by atoms with Crippen LogP contribution in [0.3, 0.4) is 0 Å². The summed E-state index contributed by atoms with van der Waals surface area (Å²) >= 11 is 6.79. The number of rotatable bonds is 2. The van der Waals surface area contributed by atoms with Crippen molar-refractivity contribution < 1.29 is 4.79 Å². The summed E-state index contributed by atoms with van der Waals surface area (Å²) < 4.78 is 1.86. The number of carbonyl (C=O) groups excluding carboxylic acids is 1. The van der Waals surface area contributed by atoms with Crippen molar-refractivity contribution in [3.63, 3.8) is 0 Å². The van der Waals surface area contributed by atoms with Crippen molar-refractivity contribution in [1.82, 2.24) is 0 Å². The number of nitrogens with one attached hydrogen (secondary N) is 1. The summed E-state index contributed by atoms with van der Waals surface area (Å²) in [4.78, 5) is 12.0. The van der Waals surface area contributed by atoms with Crippen LogP contribution in [0.4, 0.5) is 5.69 Å². The molecule has 1 amide bonds. The summed E-state index contributed by atoms with van der Waals surface area (Å²) in [6.07, 6.45) is 0. The van der Waals surface area contributed by atoms with Crippen LogP contribution in [-0.2, 0) is 0 Å². The molecule has 0 bridgehead atoms. The minimum absolute atomic E-state index is 0.107. The van der Waals surface area contributed by atoms with E-state index in [1.807, 2.05) is 49.4 Å². The summed E-state index contributed by atoms with van der Waals surface area (Å²) in [7, 11) is 0. The fourth-order valence-corrected chi connectivity index (χ4v) is 2.11. The largest absolute Gasteiger partial charge is 0.322 e. The minimum atomic E-state index is -0.107. The Labute approximate surface area is 123 Å². The molecule has 0 aromatic heterocycles. The molecule has 2 rings (SSSR count). The molecule has 1 N–H and O–H groups in total. The standard InChI is InChI=1S/C14H11Br2NO/c1-9-2-4-10(5-3-9)14(18)17-11-6-7-12(15)13(16)8-11/h2-8H,1H3,(H,17,18). The van der Waals surface area contributed by atoms with Crippen LogP contribution in [0.5, 0.6) is 0 Å². The van der Waals surface area contributed by atoms with E-state index < -0.39 is 0 Å². The summed E-state index contributed by atoms with van der Waals surface area (Å²) in [6, 6.07) is 13.1. The van der Waals surface area contributed by atoms with Crippen molar-refractivity contribution in [2.45, 2.75) is 6.92 Å². The van der Waals surface area contributed by atoms with Gasteiger partial charge in [-0.2, -0.15) is 0 Å². The van der Waals surface area contributed by atoms with Crippen LogP contribution < -0.4 is 5.32 Å². The van der Waals surface area contributed by atoms with Crippen LogP contribution in [0, 0.1) is 6.92 Å². The Kier molecular flexibility index (Phi) is 4.19. The Balaban J connectivity index is 2.16. The minimum Gasteiger partial charge on any atom is -0.322 e. The van der Waals surface area contributed by atoms with Gasteiger partial charge in [0.15, 0.2) is 0 Å². The molecule has 0 radical (unpaired) electrons. The second-order valence-electron chi connectivity index (χ2n) is 3.95. The van der Waals surface area contributed by atoms with E-state index in [0.717, 1.165) is 20.2 Å². The van der Waals surface area contributed by atoms with Crippen LogP contribution in [0.2, 0.25) is 0 Å². The molecule has 0 saturated heterocycles. The van der Waals surface area contributed by atoms with Crippen molar-refractivity contribution in [2.75, 3.05) is 5.32 Å². The molecule has 0 aliphatic carbocycles. The van der Waals surface area contributed by atoms with Gasteiger partial charge in [-0.1, -0.05) is 17.7 Å². The number of anilines is 1. The quantitative estimate of drug-likeness (QED) is 0.812. The summed E-state index contributed by atoms with van der Waals surface area (Å²) in [5.41, 5.74) is 2.55. The zero-order valence-corrected chi connectivity index (χ0v) is 12.9. The Morgan fingerprint density at radius 2 is 1.67 bits per heavy atom. The molecule has 0 atom stereocenters. The first-order valence-electron chi connectivity index (χ1n) is 5.39. The number of benzene rings is 2. The Bertz CT molecular complexity index is 579. The molecule has 0 unspecified atom stereocenters. The second kappa shape index (κ2) is 5.67. The van der Waals surface area contributed by atoms with Gasteiger partial charge in [0.25, 0.3) is 5.91 Å². The van der Waals surface area contributed by atoms with Gasteiger partial charge in [-0.3, -0.25) is 4.79 Å². The highest BCUT2D eigenvalue weighted by molar-refractivity contribution is 9.13. The van der Waals surface area contributed by atoms with Crippen LogP contribution >= 0.6 is 31.9 Å². The highest BCUT2D eigenvalue weighted by Gasteiger charge is 2.06. The van der Waals surface area contributed by atoms with Gasteiger partial charge in [0.2, 0.25) is 0 Å². The molecule has 0 heterocycles. The van der Waals surface area contributed by atoms with E-state index in [4.69, 9.17) is 0 Å². The summed E-state index contributed by atoms with van der Waals surface area (Å²) in [6.45, 7) is 1.99. The van der Waals surface area contributed by atoms with Gasteiger partial charge in [0, 0.05) is 20.2 Å². The van der Waals surface area contributed by atoms with E-state index in [9.17, 15) is 4.79 Å². The molecule has 0 fully saturated rings. The smallest absolute Gasteiger partial charge is 0.255 e. The van der Waals surface area contributed by atoms with E-state index in [1.54, 1.807) is 0 Å². The predicted molar refractivity (Wildman–Crippen MR) is 81.0 cm³/mol. The number of amides is 1. The number of hydrogen-bond donors (Lipinski definition) is 1. The van der Waals surface area contributed by atoms with Crippen molar-refractivity contribution in [3.05, 3.63) is 62.5 Å². The Hall–Kier alpha value is -1.13. The van der Waals surface area contributed by atoms with E-state index in [-0.39, 0.29) is 5.91 Å². The van der Waals surface area contributed by atoms with Crippen molar-refractivity contribution in [1.29, 1.82) is 0 Å². The van der Waals surface area contributed by atoms with Gasteiger partial charge in [0.05, 0.1) is 0 Å². The topological polar surface area (TPSA) is 29.1 Å². The third kappa shape index (κ3) is 3.21. The van der Waals surface area contributed by atoms with Crippen molar-refractivity contribution in [2.24, 2.45) is 0 Å². The van der Waals surface area contributed by atoms with E-state index in [0.29, 0.717) is 5.56 Å². The SMILES string of the molecule is Cc1ccc(C(=O)Nc2ccc(Br)c(Br)c2)cc1. The lowest BCUT2D eigenvalue weighted by atomic mass is 10.1. The normalized spacial score (nSPS) is 10.2. The molecule has 0 saturated carbocycles. The number of halogens is 2. The molecule has 2 aromatic carbocycles. The Morgan fingerprint density at radius 1 is 1.00 bits per heavy atom. The molecule has 92 valence electrons. The third-order valence-electron chi connectivity index (χ3n) is 2.49. The number of aryl methyl sites for hydroxylation is 1. The fraction of sp³-hybridized carbons (Fsp3) is 0.0714. The highest BCUT2D eigenvalue weighted by atomic mass is 79.9. The van der Waals surface area contributed by atoms with E-state index in [2.05, 4.69) is 37.2 Å². The molecule has 0 aliphatic heterocycles. The lowest BCUT2D eigenvalue weighted by Crippen LogP contribution is -2.11. The Morgan fingerprint density at radius 3 is 2.28 bits per heavy atom. The lowest BCUT2D eigenvalue weighted by Gasteiger charge is -2.06. The fourth-order valence-electron chi connectivity index (χ4n) is 1.48. The highest BCUT2D eigenvalue weighted by Crippen LogP contribution is 2.26. The summed E-state index contributed by atoms with van der Waals surface area (Å²) in [5, 5.41) is 2.86. The summed E-state index contributed by atoms with van der Waals surface area (Å²) in [5.74, 6) is -0.107. The van der Waals surface area contributed by atoms with E-state index >= 15 is 0 Å². The maximum Gasteiger partial charge on any atom is 0.255 e. The van der Waals surface area contributed by atoms with Crippen LogP contribution in [0.15, 0.2) is 51.4 Å². The molecular weight excluding hydrogens is 358 g/mol. The molecule has 0 aliphatic rings. The second-order valence-corrected chi connectivity index (χ2v) is 5.66. The lowest BCUT2D eigenvalue weighted by molar-refractivity contribution is 0.102. The first-order chi connectivity index (χ1) is 8.56. The average molecular weight is 369 g/mol. The van der Waals surface area contributed by atoms with Crippen molar-refractivity contribution >= 4 is 43.5 Å². The first-order valence-corrected chi connectivity index (χ1v) is 6.98. The van der Waals surface area contributed by atoms with Crippen LogP contribution in [0.25, 0.3) is 0 Å². The third-order valence-corrected chi connectivity index (χ3v) is 4.37. The van der Waals surface area contributed by atoms with E-state index in [1.165, 1.54) is 0 Å². The van der Waals surface area contributed by atoms with Crippen molar-refractivity contribution in [3.8, 4) is 0 Å². The number of carbonyl (C=O) groups is 1. The molecule has 2 aromatic rings. The van der Waals surface area contributed by atoms with Crippen LogP contribution in [-0.4, -0.2) is 5.91 Å². The zero-order chi connectivity index (χ0) is 13.1. The zero-order valence-electron chi connectivity index (χ0n) is 9.71. The van der Waals surface area contributed by atoms with Gasteiger partial charge in [-0.15, -0.1) is 0 Å². The molecule has 18 heavy (non-hydrogen) atoms. The molecule has 4 heteroatoms. The monoisotopic (exact) mass is 367 g/mol. The molecule has 2 nitrogen and oxygen atoms in total. The maximum absolute atomic E-state index is 12.0. The first kappa shape index (κ1) is 13.3. The number of hydrogen-bond acceptors (Lipinski definition) is 1. The van der Waals surface area contributed by atoms with Gasteiger partial charge < -0.3 is 5.32 Å². The molecular formula is C14H11Br2NO.